The van der Waals surface area contributed by atoms with Crippen LogP contribution in [0.4, 0.5) is 5.82 Å². The van der Waals surface area contributed by atoms with E-state index in [-0.39, 0.29) is 6.10 Å². The molecule has 1 atom stereocenters. The Morgan fingerprint density at radius 1 is 1.40 bits per heavy atom. The summed E-state index contributed by atoms with van der Waals surface area (Å²) in [6.45, 7) is 0.698. The fraction of sp³-hybridized carbons (Fsp3) is 0.286. The van der Waals surface area contributed by atoms with E-state index in [9.17, 15) is 5.26 Å². The van der Waals surface area contributed by atoms with E-state index in [1.807, 2.05) is 12.1 Å². The first kappa shape index (κ1) is 13.0. The van der Waals surface area contributed by atoms with Crippen molar-refractivity contribution in [2.24, 2.45) is 0 Å². The maximum atomic E-state index is 9.30. The third kappa shape index (κ3) is 2.13. The number of hydrogen-bond acceptors (Lipinski definition) is 4. The van der Waals surface area contributed by atoms with Crippen LogP contribution in [0.15, 0.2) is 24.3 Å². The van der Waals surface area contributed by atoms with Crippen molar-refractivity contribution in [1.82, 2.24) is 9.78 Å². The fourth-order valence-corrected chi connectivity index (χ4v) is 2.49. The first-order valence-corrected chi connectivity index (χ1v) is 6.74. The minimum atomic E-state index is -0.138. The normalized spacial score (nSPS) is 18.1. The van der Waals surface area contributed by atoms with Gasteiger partial charge in [-0.15, -0.1) is 0 Å². The number of anilines is 1. The highest BCUT2D eigenvalue weighted by Gasteiger charge is 2.27. The van der Waals surface area contributed by atoms with Crippen LogP contribution in [0.5, 0.6) is 0 Å². The molecule has 1 fully saturated rings. The summed E-state index contributed by atoms with van der Waals surface area (Å²) in [4.78, 5) is 0. The highest BCUT2D eigenvalue weighted by molar-refractivity contribution is 6.30. The van der Waals surface area contributed by atoms with E-state index < -0.39 is 0 Å². The number of nitrogens with two attached hydrogens (primary N) is 1. The molecule has 1 aromatic carbocycles. The molecule has 0 amide bonds. The molecule has 0 aliphatic carbocycles. The Balaban J connectivity index is 2.08. The van der Waals surface area contributed by atoms with Gasteiger partial charge in [-0.2, -0.15) is 10.4 Å². The molecule has 3 rings (SSSR count). The van der Waals surface area contributed by atoms with Crippen molar-refractivity contribution in [2.45, 2.75) is 18.9 Å². The third-order valence-electron chi connectivity index (χ3n) is 3.37. The number of ether oxygens (including phenoxy) is 1. The number of hydrogen-bond donors (Lipinski definition) is 1. The van der Waals surface area contributed by atoms with Crippen LogP contribution in [0.3, 0.4) is 0 Å². The summed E-state index contributed by atoms with van der Waals surface area (Å²) < 4.78 is 7.16. The van der Waals surface area contributed by atoms with Crippen molar-refractivity contribution in [2.75, 3.05) is 12.3 Å². The Bertz CT molecular complexity index is 666. The first-order valence-electron chi connectivity index (χ1n) is 6.36. The number of nitriles is 1. The van der Waals surface area contributed by atoms with Crippen molar-refractivity contribution >= 4 is 17.4 Å². The molecule has 1 saturated heterocycles. The number of nitrogen functional groups attached to an aromatic ring is 1. The Labute approximate surface area is 121 Å². The van der Waals surface area contributed by atoms with Gasteiger partial charge in [0.1, 0.15) is 29.2 Å². The van der Waals surface area contributed by atoms with E-state index in [1.165, 1.54) is 0 Å². The maximum absolute atomic E-state index is 9.30. The van der Waals surface area contributed by atoms with Gasteiger partial charge in [0.2, 0.25) is 0 Å². The monoisotopic (exact) mass is 288 g/mol. The number of rotatable bonds is 2. The summed E-state index contributed by atoms with van der Waals surface area (Å²) in [6.07, 6.45) is 1.70. The second kappa shape index (κ2) is 5.16. The van der Waals surface area contributed by atoms with Crippen molar-refractivity contribution in [3.05, 3.63) is 40.5 Å². The molecule has 1 unspecified atom stereocenters. The van der Waals surface area contributed by atoms with Crippen molar-refractivity contribution in [3.8, 4) is 11.8 Å². The Morgan fingerprint density at radius 2 is 2.15 bits per heavy atom. The summed E-state index contributed by atoms with van der Waals surface area (Å²) in [6, 6.07) is 9.27. The van der Waals surface area contributed by atoms with E-state index in [4.69, 9.17) is 22.1 Å². The Hall–Kier alpha value is -2.03. The molecule has 20 heavy (non-hydrogen) atoms. The fourth-order valence-electron chi connectivity index (χ4n) is 2.36. The SMILES string of the molecule is N#Cc1c(C2CCCO2)nn(-c2ccc(Cl)cc2)c1N. The molecule has 1 aliphatic rings. The van der Waals surface area contributed by atoms with Gasteiger partial charge in [0.05, 0.1) is 5.69 Å². The van der Waals surface area contributed by atoms with Crippen LogP contribution in [-0.2, 0) is 4.74 Å². The molecule has 0 bridgehead atoms. The van der Waals surface area contributed by atoms with Crippen molar-refractivity contribution in [1.29, 1.82) is 5.26 Å². The van der Waals surface area contributed by atoms with Crippen LogP contribution in [0, 0.1) is 11.3 Å². The predicted molar refractivity (Wildman–Crippen MR) is 75.6 cm³/mol. The number of aromatic nitrogens is 2. The zero-order valence-corrected chi connectivity index (χ0v) is 11.5. The van der Waals surface area contributed by atoms with Gasteiger partial charge >= 0.3 is 0 Å². The van der Waals surface area contributed by atoms with Gasteiger partial charge in [0.25, 0.3) is 0 Å². The van der Waals surface area contributed by atoms with Gasteiger partial charge in [-0.25, -0.2) is 4.68 Å². The molecule has 1 aliphatic heterocycles. The van der Waals surface area contributed by atoms with E-state index in [1.54, 1.807) is 16.8 Å². The second-order valence-electron chi connectivity index (χ2n) is 4.65. The van der Waals surface area contributed by atoms with Gasteiger partial charge in [-0.05, 0) is 37.1 Å². The summed E-state index contributed by atoms with van der Waals surface area (Å²) in [5.41, 5.74) is 7.83. The molecule has 2 N–H and O–H groups in total. The van der Waals surface area contributed by atoms with Crippen molar-refractivity contribution < 1.29 is 4.74 Å². The lowest BCUT2D eigenvalue weighted by Gasteiger charge is -2.05. The molecule has 5 nitrogen and oxygen atoms in total. The zero-order chi connectivity index (χ0) is 14.1. The molecule has 0 saturated carbocycles. The number of halogens is 1. The van der Waals surface area contributed by atoms with Gasteiger partial charge < -0.3 is 10.5 Å². The smallest absolute Gasteiger partial charge is 0.145 e. The van der Waals surface area contributed by atoms with Crippen LogP contribution in [0.2, 0.25) is 5.02 Å². The molecular formula is C14H13ClN4O. The summed E-state index contributed by atoms with van der Waals surface area (Å²) in [5.74, 6) is 0.334. The zero-order valence-electron chi connectivity index (χ0n) is 10.7. The average molecular weight is 289 g/mol. The minimum absolute atomic E-state index is 0.138. The lowest BCUT2D eigenvalue weighted by molar-refractivity contribution is 0.108. The standard InChI is InChI=1S/C14H13ClN4O/c15-9-3-5-10(6-4-9)19-14(17)11(8-16)13(18-19)12-2-1-7-20-12/h3-6,12H,1-2,7,17H2. The van der Waals surface area contributed by atoms with Gasteiger partial charge in [-0.1, -0.05) is 11.6 Å². The van der Waals surface area contributed by atoms with Crippen LogP contribution in [0.1, 0.15) is 30.2 Å². The summed E-state index contributed by atoms with van der Waals surface area (Å²) in [7, 11) is 0. The highest BCUT2D eigenvalue weighted by Crippen LogP contribution is 2.33. The van der Waals surface area contributed by atoms with E-state index in [0.717, 1.165) is 18.5 Å². The van der Waals surface area contributed by atoms with Gasteiger partial charge in [-0.3, -0.25) is 0 Å². The van der Waals surface area contributed by atoms with Crippen LogP contribution in [0.25, 0.3) is 5.69 Å². The third-order valence-corrected chi connectivity index (χ3v) is 3.62. The predicted octanol–water partition coefficient (Wildman–Crippen LogP) is 2.83. The summed E-state index contributed by atoms with van der Waals surface area (Å²) in [5, 5.41) is 14.4. The molecule has 2 aromatic rings. The summed E-state index contributed by atoms with van der Waals surface area (Å²) >= 11 is 5.87. The second-order valence-corrected chi connectivity index (χ2v) is 5.08. The molecule has 0 radical (unpaired) electrons. The van der Waals surface area contributed by atoms with E-state index in [2.05, 4.69) is 11.2 Å². The molecule has 6 heteroatoms. The lowest BCUT2D eigenvalue weighted by atomic mass is 10.1. The minimum Gasteiger partial charge on any atom is -0.382 e. The quantitative estimate of drug-likeness (QED) is 0.922. The number of nitrogens with zero attached hydrogens (tertiary/aromatic N) is 3. The van der Waals surface area contributed by atoms with Gasteiger partial charge in [0, 0.05) is 11.6 Å². The highest BCUT2D eigenvalue weighted by atomic mass is 35.5. The lowest BCUT2D eigenvalue weighted by Crippen LogP contribution is -2.03. The molecule has 0 spiro atoms. The van der Waals surface area contributed by atoms with Gasteiger partial charge in [0.15, 0.2) is 0 Å². The van der Waals surface area contributed by atoms with Crippen LogP contribution >= 0.6 is 11.6 Å². The largest absolute Gasteiger partial charge is 0.382 e. The molecular weight excluding hydrogens is 276 g/mol. The topological polar surface area (TPSA) is 76.9 Å². The Morgan fingerprint density at radius 3 is 2.75 bits per heavy atom. The average Bonchev–Trinajstić information content (AvgIpc) is 3.07. The van der Waals surface area contributed by atoms with Crippen LogP contribution < -0.4 is 5.73 Å². The molecule has 102 valence electrons. The first-order chi connectivity index (χ1) is 9.70. The van der Waals surface area contributed by atoms with E-state index in [0.29, 0.717) is 28.7 Å². The maximum Gasteiger partial charge on any atom is 0.145 e. The molecule has 1 aromatic heterocycles. The van der Waals surface area contributed by atoms with Crippen molar-refractivity contribution in [3.63, 3.8) is 0 Å². The number of benzene rings is 1. The molecule has 2 heterocycles. The van der Waals surface area contributed by atoms with Crippen LogP contribution in [-0.4, -0.2) is 16.4 Å². The Kier molecular flexibility index (Phi) is 3.35. The van der Waals surface area contributed by atoms with E-state index >= 15 is 0 Å².